The van der Waals surface area contributed by atoms with Gasteiger partial charge < -0.3 is 45.4 Å². The fourth-order valence-electron chi connectivity index (χ4n) is 13.4. The highest BCUT2D eigenvalue weighted by Crippen LogP contribution is 2.41. The van der Waals surface area contributed by atoms with Crippen LogP contribution in [0.4, 0.5) is 11.4 Å². The number of methoxy groups -OCH3 is 2. The van der Waals surface area contributed by atoms with Gasteiger partial charge in [0.1, 0.15) is 0 Å². The summed E-state index contributed by atoms with van der Waals surface area (Å²) >= 11 is 0. The van der Waals surface area contributed by atoms with Gasteiger partial charge in [-0.15, -0.1) is 0 Å². The molecule has 19 nitrogen and oxygen atoms in total. The molecule has 2 aliphatic carbocycles. The number of ether oxygens (including phenoxy) is 2. The monoisotopic (exact) mass is 1130 g/mol. The lowest BCUT2D eigenvalue weighted by Crippen LogP contribution is -2.57. The number of rotatable bonds is 17. The van der Waals surface area contributed by atoms with Gasteiger partial charge in [-0.1, -0.05) is 21.3 Å². The number of aryl methyl sites for hydroxylation is 6. The maximum Gasteiger partial charge on any atom is 0.336 e. The molecule has 0 unspecified atom stereocenters. The fraction of sp³-hybridized carbons (Fsp3) is 0.587. The Balaban J connectivity index is 0.000000202. The van der Waals surface area contributed by atoms with Gasteiger partial charge in [0, 0.05) is 144 Å². The fourth-order valence-corrected chi connectivity index (χ4v) is 13.4. The number of aromatic carboxylic acids is 1. The molecular formula is C63H94N12O7. The zero-order valence-electron chi connectivity index (χ0n) is 50.2. The number of carboxylic acid groups (broad SMARTS) is 1. The van der Waals surface area contributed by atoms with Crippen LogP contribution in [0.1, 0.15) is 152 Å². The van der Waals surface area contributed by atoms with Crippen LogP contribution in [0.5, 0.6) is 0 Å². The number of likely N-dealkylation sites (tertiary alicyclic amines) is 2. The smallest absolute Gasteiger partial charge is 0.336 e. The second-order valence-corrected chi connectivity index (χ2v) is 22.8. The molecule has 2 aromatic carbocycles. The SMILES string of the molecule is C.CCc1c(C(=O)NCc2c(C)cc(C)[nH]c2=O)cc2c(cnn2C)c1N(CC)C1CCC(N2CC(OC)C2)CC1.CCc1c(C(=O)O)cc2c(cnn2C)c1N(CC)C1CCC(N2CC(OC)C2)CC1.Cc1cc(C)c(CN)c(=O)[nH]1. The first-order valence-electron chi connectivity index (χ1n) is 29.5. The molecule has 6 aromatic rings. The summed E-state index contributed by atoms with van der Waals surface area (Å²) in [5.74, 6) is -1.02. The van der Waals surface area contributed by atoms with Gasteiger partial charge in [-0.05, 0) is 152 Å². The molecule has 0 spiro atoms. The van der Waals surface area contributed by atoms with Crippen LogP contribution in [0.3, 0.4) is 0 Å². The molecular weight excluding hydrogens is 1040 g/mol. The molecule has 10 rings (SSSR count). The summed E-state index contributed by atoms with van der Waals surface area (Å²) in [5.41, 5.74) is 17.1. The first-order valence-corrected chi connectivity index (χ1v) is 29.5. The molecule has 4 aliphatic rings. The Morgan fingerprint density at radius 1 is 0.646 bits per heavy atom. The number of hydrogen-bond acceptors (Lipinski definition) is 13. The average Bonchev–Trinajstić information content (AvgIpc) is 2.60. The molecule has 1 amide bonds. The number of nitrogens with zero attached hydrogens (tertiary/aromatic N) is 8. The van der Waals surface area contributed by atoms with Crippen LogP contribution >= 0.6 is 0 Å². The van der Waals surface area contributed by atoms with Gasteiger partial charge in [-0.2, -0.15) is 10.2 Å². The first kappa shape index (κ1) is 63.2. The number of benzene rings is 2. The predicted molar refractivity (Wildman–Crippen MR) is 329 cm³/mol. The van der Waals surface area contributed by atoms with E-state index in [9.17, 15) is 24.3 Å². The van der Waals surface area contributed by atoms with Gasteiger partial charge in [0.15, 0.2) is 0 Å². The minimum atomic E-state index is -0.860. The molecule has 2 aliphatic heterocycles. The van der Waals surface area contributed by atoms with Crippen molar-refractivity contribution in [2.24, 2.45) is 19.8 Å². The van der Waals surface area contributed by atoms with Crippen molar-refractivity contribution >= 4 is 45.1 Å². The number of pyridine rings is 2. The number of anilines is 2. The Labute approximate surface area is 484 Å². The van der Waals surface area contributed by atoms with Crippen molar-refractivity contribution in [1.29, 1.82) is 0 Å². The molecule has 4 aromatic heterocycles. The summed E-state index contributed by atoms with van der Waals surface area (Å²) < 4.78 is 14.6. The van der Waals surface area contributed by atoms with E-state index in [4.69, 9.17) is 15.2 Å². The third-order valence-corrected chi connectivity index (χ3v) is 18.0. The van der Waals surface area contributed by atoms with E-state index in [2.05, 4.69) is 65.9 Å². The summed E-state index contributed by atoms with van der Waals surface area (Å²) in [5, 5.41) is 24.1. The van der Waals surface area contributed by atoms with Crippen LogP contribution in [0.15, 0.2) is 46.2 Å². The summed E-state index contributed by atoms with van der Waals surface area (Å²) in [7, 11) is 7.41. The van der Waals surface area contributed by atoms with Crippen LogP contribution in [0.2, 0.25) is 0 Å². The lowest BCUT2D eigenvalue weighted by atomic mass is 9.86. The van der Waals surface area contributed by atoms with Crippen molar-refractivity contribution in [2.45, 2.75) is 176 Å². The lowest BCUT2D eigenvalue weighted by Gasteiger charge is -2.47. The standard InChI is InChI=1S/C31H44N6O3.C23H34N4O3.C8H12N2O.CH4/c1-7-24-25(30(38)32-15-26-19(3)13-20(4)34-31(26)39)14-28-27(16-33-35(28)5)29(24)37(8-2)22-11-9-21(10-12-22)36-17-23(18-36)40-6;1-5-18-19(23(28)29)11-21-20(12-24-25(21)3)22(18)27(6-2)16-9-7-15(8-10-16)26-13-17(14-26)30-4;1-5-3-6(2)10-8(11)7(5)4-9;/h13-14,16,21-23H,7-12,15,17-18H2,1-6H3,(H,32,38)(H,34,39);11-12,15-17H,5-10,13-14H2,1-4H3,(H,28,29);3H,4,9H2,1-2H3,(H,10,11);1H4. The Morgan fingerprint density at radius 3 is 1.41 bits per heavy atom. The van der Waals surface area contributed by atoms with Crippen LogP contribution < -0.4 is 32.0 Å². The summed E-state index contributed by atoms with van der Waals surface area (Å²) in [6.07, 6.45) is 15.3. The van der Waals surface area contributed by atoms with E-state index in [0.29, 0.717) is 71.6 Å². The molecule has 0 bridgehead atoms. The number of aromatic amines is 2. The zero-order chi connectivity index (χ0) is 58.4. The van der Waals surface area contributed by atoms with Crippen molar-refractivity contribution in [3.05, 3.63) is 113 Å². The average molecular weight is 1130 g/mol. The summed E-state index contributed by atoms with van der Waals surface area (Å²) in [6.45, 7) is 22.5. The third-order valence-electron chi connectivity index (χ3n) is 18.0. The Kier molecular flexibility index (Phi) is 21.4. The topological polar surface area (TPSA) is 225 Å². The van der Waals surface area contributed by atoms with Gasteiger partial charge in [0.05, 0.1) is 52.6 Å². The summed E-state index contributed by atoms with van der Waals surface area (Å²) in [4.78, 5) is 65.1. The molecule has 19 heteroatoms. The van der Waals surface area contributed by atoms with Crippen molar-refractivity contribution in [1.82, 2.24) is 44.6 Å². The van der Waals surface area contributed by atoms with Crippen LogP contribution in [-0.4, -0.2) is 146 Å². The van der Waals surface area contributed by atoms with E-state index in [1.165, 1.54) is 25.7 Å². The van der Waals surface area contributed by atoms with E-state index in [-0.39, 0.29) is 31.0 Å². The Hall–Kier alpha value is -6.38. The number of nitrogens with one attached hydrogen (secondary N) is 3. The van der Waals surface area contributed by atoms with Crippen LogP contribution in [-0.2, 0) is 49.5 Å². The van der Waals surface area contributed by atoms with E-state index in [0.717, 1.165) is 138 Å². The molecule has 2 saturated carbocycles. The van der Waals surface area contributed by atoms with E-state index in [1.807, 2.05) is 84.0 Å². The number of fused-ring (bicyclic) bond motifs is 2. The number of nitrogens with two attached hydrogens (primary N) is 1. The molecule has 82 heavy (non-hydrogen) atoms. The second kappa shape index (κ2) is 27.8. The highest BCUT2D eigenvalue weighted by atomic mass is 16.5. The van der Waals surface area contributed by atoms with Crippen molar-refractivity contribution in [3.63, 3.8) is 0 Å². The highest BCUT2D eigenvalue weighted by Gasteiger charge is 2.38. The molecule has 4 fully saturated rings. The maximum absolute atomic E-state index is 13.7. The van der Waals surface area contributed by atoms with Gasteiger partial charge in [-0.3, -0.25) is 33.5 Å². The number of carbonyl (C=O) groups is 2. The number of hydrogen-bond donors (Lipinski definition) is 5. The molecule has 6 heterocycles. The summed E-state index contributed by atoms with van der Waals surface area (Å²) in [6, 6.07) is 9.75. The first-order chi connectivity index (χ1) is 38.9. The molecule has 2 saturated heterocycles. The van der Waals surface area contributed by atoms with Gasteiger partial charge >= 0.3 is 5.97 Å². The zero-order valence-corrected chi connectivity index (χ0v) is 50.2. The van der Waals surface area contributed by atoms with Gasteiger partial charge in [0.25, 0.3) is 17.0 Å². The molecule has 448 valence electrons. The van der Waals surface area contributed by atoms with Crippen molar-refractivity contribution < 1.29 is 24.2 Å². The number of aromatic nitrogens is 6. The number of carbonyl (C=O) groups excluding carboxylic acids is 1. The number of carboxylic acids is 1. The second-order valence-electron chi connectivity index (χ2n) is 22.8. The molecule has 6 N–H and O–H groups in total. The largest absolute Gasteiger partial charge is 0.478 e. The van der Waals surface area contributed by atoms with Crippen LogP contribution in [0.25, 0.3) is 21.8 Å². The maximum atomic E-state index is 13.7. The lowest BCUT2D eigenvalue weighted by molar-refractivity contribution is -0.0579. The molecule has 0 radical (unpaired) electrons. The Bertz CT molecular complexity index is 3280. The Morgan fingerprint density at radius 2 is 1.05 bits per heavy atom. The van der Waals surface area contributed by atoms with Crippen molar-refractivity contribution in [2.75, 3.05) is 63.3 Å². The van der Waals surface area contributed by atoms with Crippen molar-refractivity contribution in [3.8, 4) is 0 Å². The van der Waals surface area contributed by atoms with E-state index in [1.54, 1.807) is 25.0 Å². The van der Waals surface area contributed by atoms with E-state index >= 15 is 0 Å². The minimum absolute atomic E-state index is 0. The van der Waals surface area contributed by atoms with Crippen LogP contribution in [0, 0.1) is 27.7 Å². The van der Waals surface area contributed by atoms with Gasteiger partial charge in [0.2, 0.25) is 0 Å². The quantitative estimate of drug-likeness (QED) is 0.0580. The highest BCUT2D eigenvalue weighted by molar-refractivity contribution is 6.05. The normalized spacial score (nSPS) is 19.5. The minimum Gasteiger partial charge on any atom is -0.478 e. The number of amides is 1. The molecule has 0 atom stereocenters. The third kappa shape index (κ3) is 13.3. The van der Waals surface area contributed by atoms with E-state index < -0.39 is 5.97 Å². The predicted octanol–water partition coefficient (Wildman–Crippen LogP) is 8.23. The number of H-pyrrole nitrogens is 2. The van der Waals surface area contributed by atoms with Gasteiger partial charge in [-0.25, -0.2) is 4.79 Å².